The van der Waals surface area contributed by atoms with E-state index in [0.29, 0.717) is 0 Å². The monoisotopic (exact) mass is 344 g/mol. The first kappa shape index (κ1) is 19.4. The van der Waals surface area contributed by atoms with Crippen LogP contribution in [0.2, 0.25) is 18.1 Å². The molecule has 0 atom stereocenters. The van der Waals surface area contributed by atoms with E-state index in [-0.39, 0.29) is 40.7 Å². The summed E-state index contributed by atoms with van der Waals surface area (Å²) in [5.41, 5.74) is 2.94. The molecule has 2 rings (SSSR count). The van der Waals surface area contributed by atoms with Crippen molar-refractivity contribution in [2.24, 2.45) is 0 Å². The first-order valence-electron chi connectivity index (χ1n) is 7.21. The van der Waals surface area contributed by atoms with E-state index < -0.39 is 0 Å². The minimum absolute atomic E-state index is 0. The zero-order chi connectivity index (χ0) is 12.1. The van der Waals surface area contributed by atoms with Gasteiger partial charge in [-0.15, -0.1) is 0 Å². The van der Waals surface area contributed by atoms with E-state index in [9.17, 15) is 0 Å². The molecule has 1 heterocycles. The van der Waals surface area contributed by atoms with Gasteiger partial charge in [-0.2, -0.15) is 6.42 Å². The Hall–Kier alpha value is 0.350. The molecule has 0 saturated carbocycles. The number of hydrogen-bond donors (Lipinski definition) is 0. The molecule has 1 aromatic rings. The van der Waals surface area contributed by atoms with Crippen LogP contribution in [0.15, 0.2) is 24.3 Å². The van der Waals surface area contributed by atoms with Gasteiger partial charge >= 0.3 is 19.5 Å². The van der Waals surface area contributed by atoms with Crippen LogP contribution in [0.3, 0.4) is 0 Å². The molecule has 3 heteroatoms. The summed E-state index contributed by atoms with van der Waals surface area (Å²) < 4.78 is 0. The Morgan fingerprint density at radius 2 is 1.74 bits per heavy atom. The Morgan fingerprint density at radius 1 is 1.16 bits per heavy atom. The second kappa shape index (κ2) is 10.1. The number of benzene rings is 1. The maximum absolute atomic E-state index is 3.93. The van der Waals surface area contributed by atoms with Gasteiger partial charge in [-0.05, 0) is 24.3 Å². The smallest absolute Gasteiger partial charge is 1.00 e. The predicted molar refractivity (Wildman–Crippen MR) is 79.3 cm³/mol. The van der Waals surface area contributed by atoms with Gasteiger partial charge in [-0.25, -0.2) is 0 Å². The van der Waals surface area contributed by atoms with Crippen LogP contribution in [0.1, 0.15) is 43.2 Å². The van der Waals surface area contributed by atoms with Crippen molar-refractivity contribution < 1.29 is 31.9 Å². The van der Waals surface area contributed by atoms with E-state index in [2.05, 4.69) is 38.1 Å². The number of halogens is 1. The van der Waals surface area contributed by atoms with Crippen LogP contribution < -0.4 is 12.4 Å². The Balaban J connectivity index is 0.00000162. The molecule has 0 aliphatic carbocycles. The van der Waals surface area contributed by atoms with E-state index >= 15 is 0 Å². The maximum Gasteiger partial charge on any atom is 2.00 e. The molecule has 102 valence electrons. The molecule has 0 N–H and O–H groups in total. The molecule has 0 spiro atoms. The average molecular weight is 346 g/mol. The molecular weight excluding hydrogens is 321 g/mol. The van der Waals surface area contributed by atoms with E-state index in [1.807, 2.05) is 0 Å². The molecule has 0 bridgehead atoms. The van der Waals surface area contributed by atoms with Gasteiger partial charge in [0.25, 0.3) is 0 Å². The van der Waals surface area contributed by atoms with Gasteiger partial charge < -0.3 is 19.3 Å². The van der Waals surface area contributed by atoms with Crippen molar-refractivity contribution in [1.82, 2.24) is 0 Å². The van der Waals surface area contributed by atoms with Crippen LogP contribution in [-0.4, -0.2) is 8.80 Å². The average Bonchev–Trinajstić information content (AvgIpc) is 2.40. The molecule has 1 fully saturated rings. The molecule has 0 aromatic heterocycles. The molecule has 0 unspecified atom stereocenters. The fourth-order valence-corrected chi connectivity index (χ4v) is 6.58. The summed E-state index contributed by atoms with van der Waals surface area (Å²) in [4.78, 5) is 0. The summed E-state index contributed by atoms with van der Waals surface area (Å²) in [7, 11) is -0.314. The quantitative estimate of drug-likeness (QED) is 0.574. The first-order chi connectivity index (χ1) is 8.33. The van der Waals surface area contributed by atoms with E-state index in [0.717, 1.165) is 12.3 Å². The van der Waals surface area contributed by atoms with Crippen molar-refractivity contribution in [2.45, 2.75) is 56.7 Å². The summed E-state index contributed by atoms with van der Waals surface area (Å²) in [6.07, 6.45) is 5.25. The van der Waals surface area contributed by atoms with E-state index in [1.165, 1.54) is 24.8 Å². The fourth-order valence-electron chi connectivity index (χ4n) is 3.15. The van der Waals surface area contributed by atoms with Gasteiger partial charge in [-0.1, -0.05) is 61.3 Å². The SMILES string of the molecule is [CH2-]Cc1ccc(C2CC[SiH](CCC)CC2)cc1.[Cl-].[Zn+2]. The molecule has 1 aliphatic heterocycles. The normalized spacial score (nSPS) is 22.2. The molecule has 19 heavy (non-hydrogen) atoms. The third-order valence-electron chi connectivity index (χ3n) is 4.28. The minimum atomic E-state index is -0.314. The van der Waals surface area contributed by atoms with Gasteiger partial charge in [0, 0.05) is 8.80 Å². The predicted octanol–water partition coefficient (Wildman–Crippen LogP) is 1.58. The largest absolute Gasteiger partial charge is 2.00 e. The molecule has 0 radical (unpaired) electrons. The van der Waals surface area contributed by atoms with Gasteiger partial charge in [0.2, 0.25) is 0 Å². The standard InChI is InChI=1S/C16H25Si.ClH.Zn/c1-3-11-17-12-9-16(10-13-17)15-7-5-14(4-2)6-8-15;;/h5-8,16-17H,2-4,9-13H2,1H3;1H;/q-1;;+2/p-1. The van der Waals surface area contributed by atoms with Gasteiger partial charge in [-0.3, -0.25) is 0 Å². The first-order valence-corrected chi connectivity index (χ1v) is 9.66. The van der Waals surface area contributed by atoms with Crippen LogP contribution in [0.25, 0.3) is 0 Å². The van der Waals surface area contributed by atoms with Gasteiger partial charge in [0.05, 0.1) is 0 Å². The summed E-state index contributed by atoms with van der Waals surface area (Å²) in [5.74, 6) is 0.856. The topological polar surface area (TPSA) is 0 Å². The van der Waals surface area contributed by atoms with Crippen LogP contribution in [-0.2, 0) is 25.9 Å². The molecule has 1 aliphatic rings. The van der Waals surface area contributed by atoms with Crippen molar-refractivity contribution in [3.8, 4) is 0 Å². The Bertz CT molecular complexity index is 331. The summed E-state index contributed by atoms with van der Waals surface area (Å²) >= 11 is 0. The van der Waals surface area contributed by atoms with Crippen molar-refractivity contribution >= 4 is 8.80 Å². The number of rotatable bonds is 4. The van der Waals surface area contributed by atoms with Crippen molar-refractivity contribution in [1.29, 1.82) is 0 Å². The fraction of sp³-hybridized carbons (Fsp3) is 0.562. The minimum Gasteiger partial charge on any atom is -1.00 e. The zero-order valence-corrected chi connectivity index (χ0v) is 17.1. The Morgan fingerprint density at radius 3 is 2.21 bits per heavy atom. The second-order valence-corrected chi connectivity index (χ2v) is 8.96. The van der Waals surface area contributed by atoms with Crippen molar-refractivity contribution in [3.05, 3.63) is 42.3 Å². The zero-order valence-electron chi connectivity index (χ0n) is 12.2. The van der Waals surface area contributed by atoms with Gasteiger partial charge in [0.15, 0.2) is 0 Å². The van der Waals surface area contributed by atoms with E-state index in [1.54, 1.807) is 23.7 Å². The summed E-state index contributed by atoms with van der Waals surface area (Å²) in [5, 5.41) is 0. The third-order valence-corrected chi connectivity index (χ3v) is 7.98. The molecule has 1 saturated heterocycles. The molecule has 0 amide bonds. The van der Waals surface area contributed by atoms with Gasteiger partial charge in [0.1, 0.15) is 0 Å². The molecule has 0 nitrogen and oxygen atoms in total. The van der Waals surface area contributed by atoms with Crippen LogP contribution in [0.5, 0.6) is 0 Å². The van der Waals surface area contributed by atoms with E-state index in [4.69, 9.17) is 0 Å². The van der Waals surface area contributed by atoms with Crippen molar-refractivity contribution in [2.75, 3.05) is 0 Å². The molecular formula is C16H25ClSiZn. The maximum atomic E-state index is 3.93. The Labute approximate surface area is 139 Å². The Kier molecular flexibility index (Phi) is 10.3. The van der Waals surface area contributed by atoms with Crippen LogP contribution >= 0.6 is 0 Å². The molecule has 1 aromatic carbocycles. The van der Waals surface area contributed by atoms with Crippen LogP contribution in [0.4, 0.5) is 0 Å². The van der Waals surface area contributed by atoms with Crippen LogP contribution in [0, 0.1) is 6.92 Å². The third kappa shape index (κ3) is 5.69. The van der Waals surface area contributed by atoms with Crippen molar-refractivity contribution in [3.63, 3.8) is 0 Å². The summed E-state index contributed by atoms with van der Waals surface area (Å²) in [6, 6.07) is 13.9. The summed E-state index contributed by atoms with van der Waals surface area (Å²) in [6.45, 7) is 6.28. The number of hydrogen-bond acceptors (Lipinski definition) is 0. The second-order valence-electron chi connectivity index (χ2n) is 5.50.